The summed E-state index contributed by atoms with van der Waals surface area (Å²) < 4.78 is 24.0. The predicted molar refractivity (Wildman–Crippen MR) is 262 cm³/mol. The minimum atomic E-state index is -0.885. The van der Waals surface area contributed by atoms with E-state index in [1.807, 2.05) is 38.5 Å². The summed E-state index contributed by atoms with van der Waals surface area (Å²) in [5, 5.41) is 0.999. The van der Waals surface area contributed by atoms with E-state index in [0.717, 1.165) is 73.7 Å². The number of rotatable bonds is 42. The first-order valence-corrected chi connectivity index (χ1v) is 26.0. The smallest absolute Gasteiger partial charge is 0.306 e. The van der Waals surface area contributed by atoms with Crippen LogP contribution in [0.4, 0.5) is 0 Å². The second-order valence-electron chi connectivity index (χ2n) is 18.5. The fourth-order valence-electron chi connectivity index (χ4n) is 8.27. The Hall–Kier alpha value is -3.40. The number of esters is 3. The molecule has 2 aromatic rings. The average molecular weight is 897 g/mol. The summed E-state index contributed by atoms with van der Waals surface area (Å²) in [5.41, 5.74) is 1.93. The molecule has 0 aliphatic carbocycles. The molecule has 366 valence electrons. The highest BCUT2D eigenvalue weighted by Gasteiger charge is 2.20. The van der Waals surface area contributed by atoms with Crippen LogP contribution in [0, 0.1) is 0 Å². The van der Waals surface area contributed by atoms with Crippen molar-refractivity contribution >= 4 is 34.7 Å². The monoisotopic (exact) mass is 897 g/mol. The number of nitrogens with zero attached hydrogens (tertiary/aromatic N) is 2. The second-order valence-corrected chi connectivity index (χ2v) is 18.5. The first-order chi connectivity index (χ1) is 31.2. The Balaban J connectivity index is 1.77. The van der Waals surface area contributed by atoms with E-state index in [9.17, 15) is 19.2 Å². The molecule has 1 aromatic heterocycles. The van der Waals surface area contributed by atoms with Crippen molar-refractivity contribution in [1.29, 1.82) is 0 Å². The number of likely N-dealkylation sites (N-methyl/N-ethyl adjacent to an activating group) is 1. The van der Waals surface area contributed by atoms with E-state index >= 15 is 0 Å². The topological polar surface area (TPSA) is 113 Å². The lowest BCUT2D eigenvalue weighted by Crippen LogP contribution is -2.30. The number of unbranched alkanes of at least 4 members (excludes halogenated alkanes) is 25. The van der Waals surface area contributed by atoms with Crippen molar-refractivity contribution in [2.24, 2.45) is 0 Å². The van der Waals surface area contributed by atoms with Gasteiger partial charge in [-0.15, -0.1) is 0 Å². The molecule has 10 heteroatoms. The van der Waals surface area contributed by atoms with Crippen LogP contribution in [0.5, 0.6) is 5.75 Å². The maximum Gasteiger partial charge on any atom is 0.306 e. The SMILES string of the molecule is CCCCCCCCCCCCCCCC(=O)OCC(COC(=O)CCCCCCCCCCCCCCC)OC(=O)CCCCC(=O)n1cc(CCN(C)C)c2cc(OC)ccc21. The summed E-state index contributed by atoms with van der Waals surface area (Å²) >= 11 is 0. The highest BCUT2D eigenvalue weighted by molar-refractivity contribution is 5.95. The lowest BCUT2D eigenvalue weighted by atomic mass is 10.0. The Kier molecular flexibility index (Phi) is 33.5. The van der Waals surface area contributed by atoms with E-state index in [1.165, 1.54) is 128 Å². The van der Waals surface area contributed by atoms with Gasteiger partial charge < -0.3 is 23.8 Å². The summed E-state index contributed by atoms with van der Waals surface area (Å²) in [6, 6.07) is 5.76. The van der Waals surface area contributed by atoms with E-state index in [1.54, 1.807) is 11.7 Å². The number of carbonyl (C=O) groups is 4. The maximum absolute atomic E-state index is 13.4. The summed E-state index contributed by atoms with van der Waals surface area (Å²) in [6.45, 7) is 5.05. The minimum Gasteiger partial charge on any atom is -0.497 e. The molecule has 0 N–H and O–H groups in total. The van der Waals surface area contributed by atoms with Gasteiger partial charge in [-0.3, -0.25) is 23.7 Å². The van der Waals surface area contributed by atoms with E-state index in [2.05, 4.69) is 18.7 Å². The van der Waals surface area contributed by atoms with Crippen LogP contribution in [0.3, 0.4) is 0 Å². The molecule has 1 aromatic carbocycles. The van der Waals surface area contributed by atoms with E-state index < -0.39 is 12.1 Å². The number of methoxy groups -OCH3 is 1. The van der Waals surface area contributed by atoms with Gasteiger partial charge in [-0.05, 0) is 70.0 Å². The highest BCUT2D eigenvalue weighted by Crippen LogP contribution is 2.27. The maximum atomic E-state index is 13.4. The molecule has 0 aliphatic rings. The van der Waals surface area contributed by atoms with Gasteiger partial charge in [0.2, 0.25) is 5.91 Å². The third-order valence-corrected chi connectivity index (χ3v) is 12.3. The first-order valence-electron chi connectivity index (χ1n) is 26.0. The van der Waals surface area contributed by atoms with Crippen molar-refractivity contribution in [3.8, 4) is 5.75 Å². The van der Waals surface area contributed by atoms with Gasteiger partial charge in [0.05, 0.1) is 12.6 Å². The molecule has 0 amide bonds. The first kappa shape index (κ1) is 56.7. The normalized spacial score (nSPS) is 11.5. The number of hydrogen-bond acceptors (Lipinski definition) is 9. The van der Waals surface area contributed by atoms with Crippen LogP contribution in [-0.4, -0.2) is 80.3 Å². The van der Waals surface area contributed by atoms with Crippen molar-refractivity contribution in [1.82, 2.24) is 9.47 Å². The molecular formula is C54H92N2O8. The predicted octanol–water partition coefficient (Wildman–Crippen LogP) is 13.9. The molecule has 0 atom stereocenters. The van der Waals surface area contributed by atoms with Gasteiger partial charge in [-0.25, -0.2) is 0 Å². The van der Waals surface area contributed by atoms with Gasteiger partial charge in [-0.2, -0.15) is 0 Å². The van der Waals surface area contributed by atoms with Crippen LogP contribution in [-0.2, 0) is 35.0 Å². The molecule has 0 bridgehead atoms. The van der Waals surface area contributed by atoms with Crippen molar-refractivity contribution in [2.75, 3.05) is 41.0 Å². The van der Waals surface area contributed by atoms with Crippen molar-refractivity contribution < 1.29 is 38.1 Å². The zero-order valence-corrected chi connectivity index (χ0v) is 41.5. The average Bonchev–Trinajstić information content (AvgIpc) is 3.66. The fourth-order valence-corrected chi connectivity index (χ4v) is 8.27. The fraction of sp³-hybridized carbons (Fsp3) is 0.778. The van der Waals surface area contributed by atoms with E-state index in [0.29, 0.717) is 25.7 Å². The molecule has 0 saturated heterocycles. The summed E-state index contributed by atoms with van der Waals surface area (Å²) in [5.74, 6) is -0.427. The molecule has 0 radical (unpaired) electrons. The minimum absolute atomic E-state index is 0.0386. The van der Waals surface area contributed by atoms with Crippen LogP contribution < -0.4 is 4.74 Å². The standard InChI is InChI=1S/C54H92N2O8/c1-6-8-10-12-14-16-18-20-22-24-26-28-30-35-52(58)62-44-48(45-63-53(59)36-31-29-27-25-23-21-19-17-15-13-11-9-7-2)64-54(60)37-33-32-34-51(57)56-43-46(40-41-55(3)4)49-42-47(61-5)38-39-50(49)56/h38-39,42-43,48H,6-37,40-41,44-45H2,1-5H3. The van der Waals surface area contributed by atoms with Crippen LogP contribution in [0.2, 0.25) is 0 Å². The van der Waals surface area contributed by atoms with E-state index in [-0.39, 0.29) is 43.9 Å². The Morgan fingerprint density at radius 1 is 0.547 bits per heavy atom. The molecule has 0 saturated carbocycles. The molecule has 0 spiro atoms. The Morgan fingerprint density at radius 2 is 0.953 bits per heavy atom. The van der Waals surface area contributed by atoms with Crippen LogP contribution >= 0.6 is 0 Å². The molecule has 64 heavy (non-hydrogen) atoms. The van der Waals surface area contributed by atoms with Crippen LogP contribution in [0.15, 0.2) is 24.4 Å². The van der Waals surface area contributed by atoms with E-state index in [4.69, 9.17) is 18.9 Å². The Labute approximate surface area is 389 Å². The summed E-state index contributed by atoms with van der Waals surface area (Å²) in [7, 11) is 5.69. The number of benzene rings is 1. The molecule has 1 heterocycles. The molecule has 10 nitrogen and oxygen atoms in total. The van der Waals surface area contributed by atoms with Gasteiger partial charge in [-0.1, -0.05) is 168 Å². The lowest BCUT2D eigenvalue weighted by Gasteiger charge is -2.18. The zero-order valence-electron chi connectivity index (χ0n) is 41.5. The number of carbonyl (C=O) groups excluding carboxylic acids is 4. The van der Waals surface area contributed by atoms with Gasteiger partial charge in [0.15, 0.2) is 6.10 Å². The van der Waals surface area contributed by atoms with Gasteiger partial charge in [0, 0.05) is 43.8 Å². The molecule has 2 rings (SSSR count). The van der Waals surface area contributed by atoms with Gasteiger partial charge in [0.25, 0.3) is 0 Å². The number of aromatic nitrogens is 1. The largest absolute Gasteiger partial charge is 0.497 e. The molecular weight excluding hydrogens is 805 g/mol. The zero-order chi connectivity index (χ0) is 46.5. The van der Waals surface area contributed by atoms with Crippen LogP contribution in [0.25, 0.3) is 10.9 Å². The number of ether oxygens (including phenoxy) is 4. The van der Waals surface area contributed by atoms with Gasteiger partial charge in [0.1, 0.15) is 19.0 Å². The summed E-state index contributed by atoms with van der Waals surface area (Å²) in [6.07, 6.45) is 35.8. The highest BCUT2D eigenvalue weighted by atomic mass is 16.6. The third kappa shape index (κ3) is 27.8. The third-order valence-electron chi connectivity index (χ3n) is 12.3. The quantitative estimate of drug-likeness (QED) is 0.0365. The van der Waals surface area contributed by atoms with Crippen LogP contribution in [0.1, 0.15) is 230 Å². The molecule has 0 aliphatic heterocycles. The Bertz CT molecular complexity index is 1470. The molecule has 0 fully saturated rings. The van der Waals surface area contributed by atoms with Gasteiger partial charge >= 0.3 is 17.9 Å². The number of fused-ring (bicyclic) bond motifs is 1. The molecule has 0 unspecified atom stereocenters. The van der Waals surface area contributed by atoms with Crippen molar-refractivity contribution in [3.05, 3.63) is 30.0 Å². The summed E-state index contributed by atoms with van der Waals surface area (Å²) in [4.78, 5) is 53.9. The van der Waals surface area contributed by atoms with Crippen molar-refractivity contribution in [2.45, 2.75) is 232 Å². The lowest BCUT2D eigenvalue weighted by molar-refractivity contribution is -0.167. The van der Waals surface area contributed by atoms with Crippen molar-refractivity contribution in [3.63, 3.8) is 0 Å². The Morgan fingerprint density at radius 3 is 1.39 bits per heavy atom. The second kappa shape index (κ2) is 37.8. The number of hydrogen-bond donors (Lipinski definition) is 0.